The first-order chi connectivity index (χ1) is 8.50. The van der Waals surface area contributed by atoms with Gasteiger partial charge in [0.05, 0.1) is 4.90 Å². The lowest BCUT2D eigenvalue weighted by molar-refractivity contribution is 0.0946. The minimum Gasteiger partial charge on any atom is -0.350 e. The largest absolute Gasteiger partial charge is 0.350 e. The summed E-state index contributed by atoms with van der Waals surface area (Å²) in [7, 11) is -3.34. The number of halogens is 1. The molecule has 0 heterocycles. The molecule has 5 nitrogen and oxygen atoms in total. The van der Waals surface area contributed by atoms with Crippen molar-refractivity contribution < 1.29 is 13.2 Å². The summed E-state index contributed by atoms with van der Waals surface area (Å²) in [4.78, 5) is 12.1. The normalized spacial score (nSPS) is 11.7. The summed E-state index contributed by atoms with van der Waals surface area (Å²) < 4.78 is 23.2. The molecule has 0 radical (unpaired) electrons. The third-order valence-electron chi connectivity index (χ3n) is 2.55. The Balaban J connectivity index is 0.00000361. The molecule has 114 valence electrons. The number of benzene rings is 1. The maximum absolute atomic E-state index is 11.9. The van der Waals surface area contributed by atoms with Gasteiger partial charge in [-0.3, -0.25) is 4.79 Å². The third-order valence-corrected chi connectivity index (χ3v) is 3.79. The average molecular weight is 321 g/mol. The van der Waals surface area contributed by atoms with Gasteiger partial charge in [0.2, 0.25) is 0 Å². The molecule has 0 aromatic heterocycles. The maximum Gasteiger partial charge on any atom is 0.251 e. The summed E-state index contributed by atoms with van der Waals surface area (Å²) in [6.07, 6.45) is 1.13. The molecule has 0 aliphatic rings. The number of amides is 1. The molecule has 0 atom stereocenters. The molecule has 7 heteroatoms. The number of nitrogens with two attached hydrogens (primary N) is 1. The molecule has 0 saturated carbocycles. The van der Waals surface area contributed by atoms with Gasteiger partial charge in [0, 0.05) is 23.9 Å². The van der Waals surface area contributed by atoms with E-state index in [-0.39, 0.29) is 23.2 Å². The highest BCUT2D eigenvalue weighted by molar-refractivity contribution is 7.90. The number of rotatable bonds is 4. The van der Waals surface area contributed by atoms with Crippen molar-refractivity contribution in [2.24, 2.45) is 5.73 Å². The van der Waals surface area contributed by atoms with E-state index < -0.39 is 15.4 Å². The van der Waals surface area contributed by atoms with Crippen molar-refractivity contribution in [1.82, 2.24) is 5.32 Å². The highest BCUT2D eigenvalue weighted by atomic mass is 35.5. The Kier molecular flexibility index (Phi) is 6.20. The first-order valence-electron chi connectivity index (χ1n) is 5.88. The van der Waals surface area contributed by atoms with Crippen LogP contribution in [0, 0.1) is 6.92 Å². The molecule has 0 bridgehead atoms. The Morgan fingerprint density at radius 2 is 1.90 bits per heavy atom. The van der Waals surface area contributed by atoms with Gasteiger partial charge in [-0.25, -0.2) is 8.42 Å². The van der Waals surface area contributed by atoms with Crippen LogP contribution in [0.4, 0.5) is 0 Å². The Morgan fingerprint density at radius 1 is 1.35 bits per heavy atom. The van der Waals surface area contributed by atoms with E-state index in [1.54, 1.807) is 32.9 Å². The van der Waals surface area contributed by atoms with Crippen LogP contribution in [0.1, 0.15) is 29.8 Å². The van der Waals surface area contributed by atoms with Gasteiger partial charge in [0.15, 0.2) is 9.84 Å². The number of nitrogens with one attached hydrogen (secondary N) is 1. The zero-order valence-corrected chi connectivity index (χ0v) is 13.7. The van der Waals surface area contributed by atoms with E-state index in [1.165, 1.54) is 6.07 Å². The smallest absolute Gasteiger partial charge is 0.251 e. The minimum atomic E-state index is -3.34. The Labute approximate surface area is 126 Å². The van der Waals surface area contributed by atoms with E-state index in [0.29, 0.717) is 17.7 Å². The van der Waals surface area contributed by atoms with E-state index >= 15 is 0 Å². The van der Waals surface area contributed by atoms with E-state index in [4.69, 9.17) is 5.73 Å². The van der Waals surface area contributed by atoms with Crippen molar-refractivity contribution in [3.05, 3.63) is 29.3 Å². The summed E-state index contributed by atoms with van der Waals surface area (Å²) in [6.45, 7) is 5.60. The molecule has 20 heavy (non-hydrogen) atoms. The van der Waals surface area contributed by atoms with Crippen molar-refractivity contribution in [3.63, 3.8) is 0 Å². The second-order valence-corrected chi connectivity index (χ2v) is 7.41. The lowest BCUT2D eigenvalue weighted by Crippen LogP contribution is -2.45. The molecule has 0 fully saturated rings. The van der Waals surface area contributed by atoms with E-state index in [1.807, 2.05) is 0 Å². The molecule has 0 spiro atoms. The number of aryl methyl sites for hydroxylation is 1. The molecule has 0 saturated heterocycles. The number of sulfone groups is 1. The van der Waals surface area contributed by atoms with Crippen LogP contribution in [-0.4, -0.2) is 32.7 Å². The summed E-state index contributed by atoms with van der Waals surface area (Å²) in [5.41, 5.74) is 6.20. The summed E-state index contributed by atoms with van der Waals surface area (Å²) in [5, 5.41) is 2.68. The third kappa shape index (κ3) is 5.48. The first-order valence-corrected chi connectivity index (χ1v) is 7.78. The fraction of sp³-hybridized carbons (Fsp3) is 0.462. The molecular weight excluding hydrogens is 300 g/mol. The number of hydrogen-bond acceptors (Lipinski definition) is 4. The zero-order valence-electron chi connectivity index (χ0n) is 12.1. The molecule has 1 aromatic carbocycles. The lowest BCUT2D eigenvalue weighted by atomic mass is 10.1. The van der Waals surface area contributed by atoms with Gasteiger partial charge >= 0.3 is 0 Å². The van der Waals surface area contributed by atoms with E-state index in [9.17, 15) is 13.2 Å². The average Bonchev–Trinajstić information content (AvgIpc) is 2.24. The van der Waals surface area contributed by atoms with Crippen LogP contribution in [0.25, 0.3) is 0 Å². The molecule has 1 rings (SSSR count). The predicted octanol–water partition coefficient (Wildman–Crippen LogP) is 1.29. The predicted molar refractivity (Wildman–Crippen MR) is 82.1 cm³/mol. The molecule has 3 N–H and O–H groups in total. The fourth-order valence-corrected chi connectivity index (χ4v) is 2.54. The highest BCUT2D eigenvalue weighted by Gasteiger charge is 2.16. The highest BCUT2D eigenvalue weighted by Crippen LogP contribution is 2.17. The number of carbonyl (C=O) groups excluding carboxylic acids is 1. The summed E-state index contributed by atoms with van der Waals surface area (Å²) in [5.74, 6) is -0.330. The van der Waals surface area contributed by atoms with Crippen LogP contribution in [0.2, 0.25) is 0 Å². The monoisotopic (exact) mass is 320 g/mol. The topological polar surface area (TPSA) is 89.3 Å². The Bertz CT molecular complexity index is 592. The second kappa shape index (κ2) is 6.56. The number of hydrogen-bond donors (Lipinski definition) is 2. The van der Waals surface area contributed by atoms with Gasteiger partial charge in [-0.15, -0.1) is 12.4 Å². The molecule has 0 unspecified atom stereocenters. The fourth-order valence-electron chi connectivity index (χ4n) is 1.55. The lowest BCUT2D eigenvalue weighted by Gasteiger charge is -2.19. The van der Waals surface area contributed by atoms with Gasteiger partial charge in [-0.1, -0.05) is 6.07 Å². The van der Waals surface area contributed by atoms with Crippen LogP contribution in [0.3, 0.4) is 0 Å². The van der Waals surface area contributed by atoms with Gasteiger partial charge in [-0.2, -0.15) is 0 Å². The van der Waals surface area contributed by atoms with Crippen molar-refractivity contribution in [2.75, 3.05) is 12.8 Å². The van der Waals surface area contributed by atoms with E-state index in [2.05, 4.69) is 5.32 Å². The maximum atomic E-state index is 11.9. The molecular formula is C13H21ClN2O3S. The Hall–Kier alpha value is -1.11. The van der Waals surface area contributed by atoms with Crippen LogP contribution in [-0.2, 0) is 9.84 Å². The van der Waals surface area contributed by atoms with Gasteiger partial charge < -0.3 is 11.1 Å². The molecule has 1 aromatic rings. The zero-order chi connectivity index (χ0) is 14.8. The molecule has 1 amide bonds. The summed E-state index contributed by atoms with van der Waals surface area (Å²) >= 11 is 0. The number of carbonyl (C=O) groups is 1. The van der Waals surface area contributed by atoms with Crippen molar-refractivity contribution in [3.8, 4) is 0 Å². The SMILES string of the molecule is Cc1ccc(C(=O)NCC(C)(C)N)cc1S(C)(=O)=O.Cl. The van der Waals surface area contributed by atoms with Crippen molar-refractivity contribution in [1.29, 1.82) is 0 Å². The van der Waals surface area contributed by atoms with Crippen LogP contribution >= 0.6 is 12.4 Å². The minimum absolute atomic E-state index is 0. The first kappa shape index (κ1) is 18.9. The van der Waals surface area contributed by atoms with Gasteiger partial charge in [0.25, 0.3) is 5.91 Å². The van der Waals surface area contributed by atoms with Crippen LogP contribution < -0.4 is 11.1 Å². The second-order valence-electron chi connectivity index (χ2n) is 5.42. The Morgan fingerprint density at radius 3 is 2.35 bits per heavy atom. The van der Waals surface area contributed by atoms with E-state index in [0.717, 1.165) is 6.26 Å². The van der Waals surface area contributed by atoms with Crippen molar-refractivity contribution in [2.45, 2.75) is 31.2 Å². The van der Waals surface area contributed by atoms with Crippen LogP contribution in [0.15, 0.2) is 23.1 Å². The van der Waals surface area contributed by atoms with Gasteiger partial charge in [-0.05, 0) is 38.5 Å². The summed E-state index contributed by atoms with van der Waals surface area (Å²) in [6, 6.07) is 4.62. The van der Waals surface area contributed by atoms with Crippen LogP contribution in [0.5, 0.6) is 0 Å². The molecule has 0 aliphatic heterocycles. The van der Waals surface area contributed by atoms with Crippen molar-refractivity contribution >= 4 is 28.2 Å². The molecule has 0 aliphatic carbocycles. The quantitative estimate of drug-likeness (QED) is 0.874. The standard InChI is InChI=1S/C13H20N2O3S.ClH/c1-9-5-6-10(7-11(9)19(4,17)18)12(16)15-8-13(2,3)14;/h5-7H,8,14H2,1-4H3,(H,15,16);1H. The van der Waals surface area contributed by atoms with Gasteiger partial charge in [0.1, 0.15) is 0 Å².